The molecule has 0 aliphatic carbocycles. The van der Waals surface area contributed by atoms with Crippen LogP contribution in [0.4, 0.5) is 11.5 Å². The third-order valence-electron chi connectivity index (χ3n) is 2.73. The summed E-state index contributed by atoms with van der Waals surface area (Å²) in [5.41, 5.74) is 2.21. The lowest BCUT2D eigenvalue weighted by atomic mass is 10.2. The van der Waals surface area contributed by atoms with Crippen LogP contribution in [0.25, 0.3) is 0 Å². The van der Waals surface area contributed by atoms with Crippen molar-refractivity contribution in [3.8, 4) is 0 Å². The number of carbonyl (C=O) groups is 1. The fourth-order valence-corrected chi connectivity index (χ4v) is 1.80. The van der Waals surface area contributed by atoms with Gasteiger partial charge in [-0.2, -0.15) is 0 Å². The molecule has 5 heteroatoms. The molecule has 1 heterocycles. The van der Waals surface area contributed by atoms with E-state index in [1.54, 1.807) is 37.5 Å². The van der Waals surface area contributed by atoms with Crippen LogP contribution in [0.3, 0.4) is 0 Å². The Kier molecular flexibility index (Phi) is 4.02. The Morgan fingerprint density at radius 3 is 2.79 bits per heavy atom. The summed E-state index contributed by atoms with van der Waals surface area (Å²) in [7, 11) is 1.76. The second-order valence-electron chi connectivity index (χ2n) is 4.09. The van der Waals surface area contributed by atoms with Gasteiger partial charge in [-0.25, -0.2) is 4.98 Å². The first kappa shape index (κ1) is 13.4. The molecule has 4 nitrogen and oxygen atoms in total. The van der Waals surface area contributed by atoms with E-state index in [2.05, 4.69) is 15.6 Å². The van der Waals surface area contributed by atoms with Crippen molar-refractivity contribution < 1.29 is 4.79 Å². The molecule has 0 saturated carbocycles. The Labute approximate surface area is 116 Å². The van der Waals surface area contributed by atoms with Crippen molar-refractivity contribution in [1.29, 1.82) is 0 Å². The maximum absolute atomic E-state index is 12.1. The molecule has 1 aromatic heterocycles. The second kappa shape index (κ2) is 5.71. The number of hydrogen-bond donors (Lipinski definition) is 2. The van der Waals surface area contributed by atoms with Crippen LogP contribution in [0.1, 0.15) is 15.9 Å². The van der Waals surface area contributed by atoms with Gasteiger partial charge in [-0.1, -0.05) is 17.7 Å². The summed E-state index contributed by atoms with van der Waals surface area (Å²) in [5, 5.41) is 6.32. The molecule has 0 aliphatic heterocycles. The molecule has 0 spiro atoms. The first-order valence-electron chi connectivity index (χ1n) is 5.81. The van der Waals surface area contributed by atoms with Gasteiger partial charge >= 0.3 is 0 Å². The quantitative estimate of drug-likeness (QED) is 0.903. The first-order chi connectivity index (χ1) is 9.10. The highest BCUT2D eigenvalue weighted by Crippen LogP contribution is 2.21. The third kappa shape index (κ3) is 3.23. The van der Waals surface area contributed by atoms with E-state index in [1.165, 1.54) is 0 Å². The number of nitrogens with one attached hydrogen (secondary N) is 2. The predicted octanol–water partition coefficient (Wildman–Crippen LogP) is 3.34. The van der Waals surface area contributed by atoms with Crippen molar-refractivity contribution in [2.75, 3.05) is 17.7 Å². The highest BCUT2D eigenvalue weighted by molar-refractivity contribution is 6.31. The van der Waals surface area contributed by atoms with Gasteiger partial charge < -0.3 is 10.6 Å². The van der Waals surface area contributed by atoms with Crippen LogP contribution in [-0.2, 0) is 0 Å². The molecule has 0 atom stereocenters. The smallest absolute Gasteiger partial charge is 0.255 e. The summed E-state index contributed by atoms with van der Waals surface area (Å²) < 4.78 is 0. The molecule has 0 saturated heterocycles. The first-order valence-corrected chi connectivity index (χ1v) is 6.19. The van der Waals surface area contributed by atoms with Crippen LogP contribution in [0.15, 0.2) is 36.5 Å². The molecule has 1 aromatic carbocycles. The van der Waals surface area contributed by atoms with E-state index in [0.717, 1.165) is 5.56 Å². The molecular weight excluding hydrogens is 262 g/mol. The SMILES string of the molecule is CNc1cc(C(=O)Nc2cc(Cl)ccc2C)ccn1. The topological polar surface area (TPSA) is 54.0 Å². The van der Waals surface area contributed by atoms with Crippen molar-refractivity contribution in [2.24, 2.45) is 0 Å². The van der Waals surface area contributed by atoms with Crippen LogP contribution >= 0.6 is 11.6 Å². The number of aryl methyl sites for hydroxylation is 1. The van der Waals surface area contributed by atoms with Crippen LogP contribution in [0.5, 0.6) is 0 Å². The van der Waals surface area contributed by atoms with E-state index in [-0.39, 0.29) is 5.91 Å². The van der Waals surface area contributed by atoms with Gasteiger partial charge in [-0.3, -0.25) is 4.79 Å². The zero-order chi connectivity index (χ0) is 13.8. The zero-order valence-corrected chi connectivity index (χ0v) is 11.5. The van der Waals surface area contributed by atoms with Crippen molar-refractivity contribution in [2.45, 2.75) is 6.92 Å². The maximum Gasteiger partial charge on any atom is 0.255 e. The minimum Gasteiger partial charge on any atom is -0.373 e. The Morgan fingerprint density at radius 2 is 2.05 bits per heavy atom. The molecule has 2 N–H and O–H groups in total. The summed E-state index contributed by atoms with van der Waals surface area (Å²) >= 11 is 5.92. The minimum absolute atomic E-state index is 0.190. The molecule has 98 valence electrons. The maximum atomic E-state index is 12.1. The van der Waals surface area contributed by atoms with Gasteiger partial charge in [0.05, 0.1) is 0 Å². The van der Waals surface area contributed by atoms with Gasteiger partial charge in [0.1, 0.15) is 5.82 Å². The lowest BCUT2D eigenvalue weighted by Gasteiger charge is -2.09. The standard InChI is InChI=1S/C14H14ClN3O/c1-9-3-4-11(15)8-12(9)18-14(19)10-5-6-17-13(7-10)16-2/h3-8H,1-2H3,(H,16,17)(H,18,19). The fourth-order valence-electron chi connectivity index (χ4n) is 1.63. The Bertz CT molecular complexity index is 613. The highest BCUT2D eigenvalue weighted by Gasteiger charge is 2.09. The number of rotatable bonds is 3. The lowest BCUT2D eigenvalue weighted by Crippen LogP contribution is -2.13. The average molecular weight is 276 g/mol. The molecule has 2 rings (SSSR count). The van der Waals surface area contributed by atoms with Gasteiger partial charge in [-0.05, 0) is 36.8 Å². The molecule has 0 unspecified atom stereocenters. The van der Waals surface area contributed by atoms with Crippen LogP contribution in [0.2, 0.25) is 5.02 Å². The van der Waals surface area contributed by atoms with Gasteiger partial charge in [0, 0.05) is 29.5 Å². The summed E-state index contributed by atoms with van der Waals surface area (Å²) in [6, 6.07) is 8.74. The number of amides is 1. The predicted molar refractivity (Wildman–Crippen MR) is 77.9 cm³/mol. The summed E-state index contributed by atoms with van der Waals surface area (Å²) in [6.45, 7) is 1.91. The van der Waals surface area contributed by atoms with Crippen molar-refractivity contribution in [3.05, 3.63) is 52.7 Å². The number of carbonyl (C=O) groups excluding carboxylic acids is 1. The number of hydrogen-bond acceptors (Lipinski definition) is 3. The fraction of sp³-hybridized carbons (Fsp3) is 0.143. The second-order valence-corrected chi connectivity index (χ2v) is 4.53. The molecular formula is C14H14ClN3O. The minimum atomic E-state index is -0.190. The van der Waals surface area contributed by atoms with Crippen LogP contribution < -0.4 is 10.6 Å². The Morgan fingerprint density at radius 1 is 1.26 bits per heavy atom. The molecule has 19 heavy (non-hydrogen) atoms. The molecule has 0 bridgehead atoms. The van der Waals surface area contributed by atoms with E-state index in [9.17, 15) is 4.79 Å². The lowest BCUT2D eigenvalue weighted by molar-refractivity contribution is 0.102. The average Bonchev–Trinajstić information content (AvgIpc) is 2.43. The van der Waals surface area contributed by atoms with E-state index in [4.69, 9.17) is 11.6 Å². The monoisotopic (exact) mass is 275 g/mol. The molecule has 0 fully saturated rings. The van der Waals surface area contributed by atoms with E-state index >= 15 is 0 Å². The molecule has 1 amide bonds. The van der Waals surface area contributed by atoms with Crippen molar-refractivity contribution in [1.82, 2.24) is 4.98 Å². The molecule has 2 aromatic rings. The normalized spacial score (nSPS) is 10.1. The van der Waals surface area contributed by atoms with Crippen LogP contribution in [0, 0.1) is 6.92 Å². The van der Waals surface area contributed by atoms with Crippen LogP contribution in [-0.4, -0.2) is 17.9 Å². The number of aromatic nitrogens is 1. The van der Waals surface area contributed by atoms with Gasteiger partial charge in [0.25, 0.3) is 5.91 Å². The summed E-state index contributed by atoms with van der Waals surface area (Å²) in [4.78, 5) is 16.2. The van der Waals surface area contributed by atoms with E-state index in [1.807, 2.05) is 13.0 Å². The van der Waals surface area contributed by atoms with E-state index < -0.39 is 0 Å². The number of nitrogens with zero attached hydrogens (tertiary/aromatic N) is 1. The number of anilines is 2. The Hall–Kier alpha value is -2.07. The van der Waals surface area contributed by atoms with Gasteiger partial charge in [0.15, 0.2) is 0 Å². The third-order valence-corrected chi connectivity index (χ3v) is 2.96. The number of benzene rings is 1. The highest BCUT2D eigenvalue weighted by atomic mass is 35.5. The molecule has 0 radical (unpaired) electrons. The van der Waals surface area contributed by atoms with Crippen molar-refractivity contribution in [3.63, 3.8) is 0 Å². The van der Waals surface area contributed by atoms with Crippen molar-refractivity contribution >= 4 is 29.0 Å². The number of pyridine rings is 1. The Balaban J connectivity index is 2.22. The van der Waals surface area contributed by atoms with E-state index in [0.29, 0.717) is 22.1 Å². The van der Waals surface area contributed by atoms with Gasteiger partial charge in [0.2, 0.25) is 0 Å². The summed E-state index contributed by atoms with van der Waals surface area (Å²) in [6.07, 6.45) is 1.59. The number of halogens is 1. The largest absolute Gasteiger partial charge is 0.373 e. The molecule has 0 aliphatic rings. The summed E-state index contributed by atoms with van der Waals surface area (Å²) in [5.74, 6) is 0.458. The van der Waals surface area contributed by atoms with Gasteiger partial charge in [-0.15, -0.1) is 0 Å². The zero-order valence-electron chi connectivity index (χ0n) is 10.7.